The lowest BCUT2D eigenvalue weighted by atomic mass is 9.80. The van der Waals surface area contributed by atoms with Crippen LogP contribution in [0.15, 0.2) is 79.0 Å². The van der Waals surface area contributed by atoms with Gasteiger partial charge in [-0.05, 0) is 85.2 Å². The van der Waals surface area contributed by atoms with E-state index in [-0.39, 0.29) is 34.5 Å². The maximum absolute atomic E-state index is 14.4. The summed E-state index contributed by atoms with van der Waals surface area (Å²) in [4.78, 5) is 19.6. The molecule has 4 aromatic rings. The molecule has 1 aromatic heterocycles. The monoisotopic (exact) mass is 505 g/mol. The molecule has 1 N–H and O–H groups in total. The lowest BCUT2D eigenvalue weighted by Crippen LogP contribution is -2.44. The first-order chi connectivity index (χ1) is 17.5. The number of urea groups is 1. The second-order valence-corrected chi connectivity index (χ2v) is 9.67. The Kier molecular flexibility index (Phi) is 7.14. The van der Waals surface area contributed by atoms with Crippen molar-refractivity contribution in [3.05, 3.63) is 107 Å². The van der Waals surface area contributed by atoms with Gasteiger partial charge in [0.25, 0.3) is 0 Å². The smallest absolute Gasteiger partial charge is 0.317 e. The molecule has 1 aliphatic carbocycles. The highest BCUT2D eigenvalue weighted by Crippen LogP contribution is 2.38. The number of fused-ring (bicyclic) bond motifs is 1. The fourth-order valence-electron chi connectivity index (χ4n) is 5.12. The molecule has 4 nitrogen and oxygen atoms in total. The molecule has 1 heterocycles. The third kappa shape index (κ3) is 5.34. The van der Waals surface area contributed by atoms with E-state index in [0.717, 1.165) is 47.7 Å². The Balaban J connectivity index is 1.35. The van der Waals surface area contributed by atoms with Gasteiger partial charge in [-0.1, -0.05) is 41.9 Å². The minimum absolute atomic E-state index is 0.0124. The second kappa shape index (κ2) is 10.6. The standard InChI is InChI=1S/C29H26ClF2N3O/c30-21-8-12-28(26(32)16-21)34-29(36)35(18-19-4-2-1-3-5-19)23-10-6-20(7-11-23)24-14-15-33-27-13-9-22(31)17-25(24)27/h1-5,8-9,12-17,20,23H,6-7,10-11,18H2,(H,34,36)/t20-,23+. The van der Waals surface area contributed by atoms with E-state index in [9.17, 15) is 13.6 Å². The highest BCUT2D eigenvalue weighted by atomic mass is 35.5. The zero-order chi connectivity index (χ0) is 25.1. The normalized spacial score (nSPS) is 17.6. The van der Waals surface area contributed by atoms with Crippen LogP contribution in [0.1, 0.15) is 42.7 Å². The Morgan fingerprint density at radius 2 is 1.75 bits per heavy atom. The van der Waals surface area contributed by atoms with Gasteiger partial charge in [0.2, 0.25) is 0 Å². The topological polar surface area (TPSA) is 45.2 Å². The number of hydrogen-bond acceptors (Lipinski definition) is 2. The van der Waals surface area contributed by atoms with Crippen LogP contribution in [0.4, 0.5) is 19.3 Å². The quantitative estimate of drug-likeness (QED) is 0.299. The average Bonchev–Trinajstić information content (AvgIpc) is 2.89. The summed E-state index contributed by atoms with van der Waals surface area (Å²) in [6.07, 6.45) is 5.06. The van der Waals surface area contributed by atoms with Crippen LogP contribution in [-0.2, 0) is 6.54 Å². The zero-order valence-corrected chi connectivity index (χ0v) is 20.4. The fourth-order valence-corrected chi connectivity index (χ4v) is 5.28. The van der Waals surface area contributed by atoms with Gasteiger partial charge in [-0.15, -0.1) is 0 Å². The number of hydrogen-bond donors (Lipinski definition) is 1. The number of aromatic nitrogens is 1. The first kappa shape index (κ1) is 24.2. The summed E-state index contributed by atoms with van der Waals surface area (Å²) in [5.41, 5.74) is 2.98. The molecule has 184 valence electrons. The first-order valence-electron chi connectivity index (χ1n) is 12.1. The maximum Gasteiger partial charge on any atom is 0.322 e. The number of rotatable bonds is 5. The summed E-state index contributed by atoms with van der Waals surface area (Å²) in [6, 6.07) is 20.3. The van der Waals surface area contributed by atoms with Gasteiger partial charge in [-0.25, -0.2) is 13.6 Å². The van der Waals surface area contributed by atoms with Gasteiger partial charge in [0.15, 0.2) is 0 Å². The van der Waals surface area contributed by atoms with Gasteiger partial charge in [-0.3, -0.25) is 4.98 Å². The summed E-state index contributed by atoms with van der Waals surface area (Å²) in [5, 5.41) is 3.85. The van der Waals surface area contributed by atoms with Crippen molar-refractivity contribution >= 4 is 34.2 Å². The SMILES string of the molecule is O=C(Nc1ccc(Cl)cc1F)N(Cc1ccccc1)[C@H]1CC[C@@H](c2ccnc3ccc(F)cc32)CC1. The van der Waals surface area contributed by atoms with Gasteiger partial charge in [0.1, 0.15) is 11.6 Å². The maximum atomic E-state index is 14.4. The predicted octanol–water partition coefficient (Wildman–Crippen LogP) is 7.93. The van der Waals surface area contributed by atoms with Crippen LogP contribution >= 0.6 is 11.6 Å². The minimum atomic E-state index is -0.573. The summed E-state index contributed by atoms with van der Waals surface area (Å²) in [7, 11) is 0. The molecule has 3 aromatic carbocycles. The van der Waals surface area contributed by atoms with E-state index in [1.807, 2.05) is 36.4 Å². The molecule has 1 saturated carbocycles. The van der Waals surface area contributed by atoms with Gasteiger partial charge in [-0.2, -0.15) is 0 Å². The van der Waals surface area contributed by atoms with Gasteiger partial charge in [0.05, 0.1) is 11.2 Å². The van der Waals surface area contributed by atoms with E-state index >= 15 is 0 Å². The Morgan fingerprint density at radius 1 is 0.972 bits per heavy atom. The number of carbonyl (C=O) groups excluding carboxylic acids is 1. The third-order valence-electron chi connectivity index (χ3n) is 6.94. The molecule has 1 aliphatic rings. The Bertz CT molecular complexity index is 1370. The number of halogens is 3. The minimum Gasteiger partial charge on any atom is -0.317 e. The number of nitrogens with zero attached hydrogens (tertiary/aromatic N) is 2. The predicted molar refractivity (Wildman–Crippen MR) is 139 cm³/mol. The number of amides is 2. The summed E-state index contributed by atoms with van der Waals surface area (Å²) >= 11 is 5.87. The van der Waals surface area contributed by atoms with E-state index in [2.05, 4.69) is 10.3 Å². The largest absolute Gasteiger partial charge is 0.322 e. The van der Waals surface area contributed by atoms with Crippen molar-refractivity contribution in [3.63, 3.8) is 0 Å². The van der Waals surface area contributed by atoms with Crippen molar-refractivity contribution < 1.29 is 13.6 Å². The van der Waals surface area contributed by atoms with Crippen molar-refractivity contribution in [2.24, 2.45) is 0 Å². The summed E-state index contributed by atoms with van der Waals surface area (Å²) in [5.74, 6) is -0.592. The van der Waals surface area contributed by atoms with Crippen molar-refractivity contribution in [1.29, 1.82) is 0 Å². The lowest BCUT2D eigenvalue weighted by Gasteiger charge is -2.37. The molecule has 0 bridgehead atoms. The molecular formula is C29H26ClF2N3O. The molecule has 5 rings (SSSR count). The van der Waals surface area contributed by atoms with Crippen LogP contribution in [0.5, 0.6) is 0 Å². The molecular weight excluding hydrogens is 480 g/mol. The highest BCUT2D eigenvalue weighted by molar-refractivity contribution is 6.30. The van der Waals surface area contributed by atoms with Crippen molar-refractivity contribution in [1.82, 2.24) is 9.88 Å². The van der Waals surface area contributed by atoms with Crippen LogP contribution < -0.4 is 5.32 Å². The van der Waals surface area contributed by atoms with Crippen molar-refractivity contribution in [3.8, 4) is 0 Å². The highest BCUT2D eigenvalue weighted by Gasteiger charge is 2.30. The summed E-state index contributed by atoms with van der Waals surface area (Å²) in [6.45, 7) is 0.417. The van der Waals surface area contributed by atoms with Crippen LogP contribution in [0.2, 0.25) is 5.02 Å². The van der Waals surface area contributed by atoms with Gasteiger partial charge >= 0.3 is 6.03 Å². The first-order valence-corrected chi connectivity index (χ1v) is 12.5. The van der Waals surface area contributed by atoms with Crippen molar-refractivity contribution in [2.45, 2.75) is 44.2 Å². The number of nitrogens with one attached hydrogen (secondary N) is 1. The van der Waals surface area contributed by atoms with E-state index < -0.39 is 5.82 Å². The molecule has 36 heavy (non-hydrogen) atoms. The van der Waals surface area contributed by atoms with Crippen LogP contribution in [0, 0.1) is 11.6 Å². The second-order valence-electron chi connectivity index (χ2n) is 9.23. The molecule has 0 spiro atoms. The lowest BCUT2D eigenvalue weighted by molar-refractivity contribution is 0.158. The van der Waals surface area contributed by atoms with Crippen LogP contribution in [-0.4, -0.2) is 22.0 Å². The molecule has 0 atom stereocenters. The molecule has 1 fully saturated rings. The van der Waals surface area contributed by atoms with Crippen LogP contribution in [0.25, 0.3) is 10.9 Å². The Hall–Kier alpha value is -3.51. The molecule has 7 heteroatoms. The van der Waals surface area contributed by atoms with E-state index in [1.165, 1.54) is 18.2 Å². The molecule has 2 amide bonds. The van der Waals surface area contributed by atoms with Crippen molar-refractivity contribution in [2.75, 3.05) is 5.32 Å². The fraction of sp³-hybridized carbons (Fsp3) is 0.241. The molecule has 0 saturated heterocycles. The molecule has 0 aliphatic heterocycles. The number of benzene rings is 3. The van der Waals surface area contributed by atoms with E-state index in [0.29, 0.717) is 6.54 Å². The van der Waals surface area contributed by atoms with Gasteiger partial charge in [0, 0.05) is 29.2 Å². The molecule has 0 radical (unpaired) electrons. The Labute approximate surface area is 213 Å². The number of pyridine rings is 1. The number of anilines is 1. The average molecular weight is 506 g/mol. The third-order valence-corrected chi connectivity index (χ3v) is 7.18. The molecule has 0 unspecified atom stereocenters. The van der Waals surface area contributed by atoms with Crippen LogP contribution in [0.3, 0.4) is 0 Å². The Morgan fingerprint density at radius 3 is 2.50 bits per heavy atom. The summed E-state index contributed by atoms with van der Waals surface area (Å²) < 4.78 is 28.4. The van der Waals surface area contributed by atoms with E-state index in [1.54, 1.807) is 29.3 Å². The van der Waals surface area contributed by atoms with E-state index in [4.69, 9.17) is 11.6 Å². The zero-order valence-electron chi connectivity index (χ0n) is 19.6. The van der Waals surface area contributed by atoms with Gasteiger partial charge < -0.3 is 10.2 Å². The number of carbonyl (C=O) groups is 1.